The van der Waals surface area contributed by atoms with E-state index in [2.05, 4.69) is 15.9 Å². The Balaban J connectivity index is 1.65. The number of halogens is 1. The third kappa shape index (κ3) is 5.97. The van der Waals surface area contributed by atoms with Gasteiger partial charge in [0.05, 0.1) is 28.6 Å². The Bertz CT molecular complexity index is 918. The highest BCUT2D eigenvalue weighted by Gasteiger charge is 2.39. The number of nitrogens with zero attached hydrogens (tertiary/aromatic N) is 2. The summed E-state index contributed by atoms with van der Waals surface area (Å²) in [6.07, 6.45) is 13.9. The maximum absolute atomic E-state index is 13.6. The molecular weight excluding hydrogens is 500 g/mol. The number of ether oxygens (including phenoxy) is 2. The van der Waals surface area contributed by atoms with Crippen molar-refractivity contribution in [2.75, 3.05) is 7.11 Å². The van der Waals surface area contributed by atoms with Crippen LogP contribution < -0.4 is 9.47 Å². The van der Waals surface area contributed by atoms with Gasteiger partial charge in [0.25, 0.3) is 5.91 Å². The molecule has 0 unspecified atom stereocenters. The number of thioether (sulfide) groups is 1. The SMILES string of the molecule is COc1cc(C=C2SC(=NC3CCCCC3)N(C3CCCCC3)C2=O)cc(Br)c1OC(C)C. The van der Waals surface area contributed by atoms with Crippen LogP contribution in [0.1, 0.15) is 83.6 Å². The molecule has 0 bridgehead atoms. The van der Waals surface area contributed by atoms with Gasteiger partial charge >= 0.3 is 0 Å². The second-order valence-electron chi connectivity index (χ2n) is 9.48. The smallest absolute Gasteiger partial charge is 0.266 e. The molecule has 1 heterocycles. The molecule has 1 aliphatic heterocycles. The molecule has 0 atom stereocenters. The Morgan fingerprint density at radius 2 is 1.76 bits per heavy atom. The summed E-state index contributed by atoms with van der Waals surface area (Å²) < 4.78 is 12.3. The van der Waals surface area contributed by atoms with Gasteiger partial charge in [0.15, 0.2) is 16.7 Å². The largest absolute Gasteiger partial charge is 0.493 e. The van der Waals surface area contributed by atoms with Crippen LogP contribution in [0.4, 0.5) is 0 Å². The first kappa shape index (κ1) is 24.6. The highest BCUT2D eigenvalue weighted by atomic mass is 79.9. The number of aliphatic imine (C=N–C) groups is 1. The van der Waals surface area contributed by atoms with Gasteiger partial charge in [0.2, 0.25) is 0 Å². The zero-order valence-electron chi connectivity index (χ0n) is 19.9. The summed E-state index contributed by atoms with van der Waals surface area (Å²) in [7, 11) is 1.64. The second-order valence-corrected chi connectivity index (χ2v) is 11.3. The first-order chi connectivity index (χ1) is 16.0. The highest BCUT2D eigenvalue weighted by Crippen LogP contribution is 2.41. The van der Waals surface area contributed by atoms with Gasteiger partial charge < -0.3 is 9.47 Å². The molecule has 4 rings (SSSR count). The van der Waals surface area contributed by atoms with Crippen LogP contribution in [0.2, 0.25) is 0 Å². The van der Waals surface area contributed by atoms with Crippen molar-refractivity contribution in [2.24, 2.45) is 4.99 Å². The Labute approximate surface area is 210 Å². The Kier molecular flexibility index (Phi) is 8.44. The third-order valence-corrected chi connectivity index (χ3v) is 8.13. The van der Waals surface area contributed by atoms with Crippen molar-refractivity contribution in [3.05, 3.63) is 27.1 Å². The molecule has 1 saturated heterocycles. The fourth-order valence-electron chi connectivity index (χ4n) is 4.93. The van der Waals surface area contributed by atoms with E-state index in [0.717, 1.165) is 45.8 Å². The van der Waals surface area contributed by atoms with Crippen molar-refractivity contribution in [1.29, 1.82) is 0 Å². The summed E-state index contributed by atoms with van der Waals surface area (Å²) in [5.74, 6) is 1.43. The lowest BCUT2D eigenvalue weighted by Crippen LogP contribution is -2.41. The zero-order chi connectivity index (χ0) is 23.4. The van der Waals surface area contributed by atoms with Gasteiger partial charge in [-0.25, -0.2) is 0 Å². The molecule has 0 radical (unpaired) electrons. The molecule has 7 heteroatoms. The van der Waals surface area contributed by atoms with E-state index in [9.17, 15) is 4.79 Å². The lowest BCUT2D eigenvalue weighted by molar-refractivity contribution is -0.124. The molecule has 2 aliphatic carbocycles. The molecule has 2 saturated carbocycles. The average molecular weight is 536 g/mol. The van der Waals surface area contributed by atoms with Crippen LogP contribution in [-0.4, -0.2) is 41.3 Å². The molecule has 1 aromatic rings. The first-order valence-electron chi connectivity index (χ1n) is 12.3. The van der Waals surface area contributed by atoms with Crippen molar-refractivity contribution in [3.63, 3.8) is 0 Å². The maximum atomic E-state index is 13.6. The van der Waals surface area contributed by atoms with E-state index in [1.54, 1.807) is 18.9 Å². The minimum Gasteiger partial charge on any atom is -0.493 e. The standard InChI is InChI=1S/C26H35BrN2O3S/c1-17(2)32-24-21(27)14-18(15-22(24)31-3)16-23-25(30)29(20-12-8-5-9-13-20)26(33-23)28-19-10-6-4-7-11-19/h14-17,19-20H,4-13H2,1-3H3. The molecule has 0 spiro atoms. The van der Waals surface area contributed by atoms with Crippen LogP contribution in [0.3, 0.4) is 0 Å². The predicted molar refractivity (Wildman–Crippen MR) is 140 cm³/mol. The zero-order valence-corrected chi connectivity index (χ0v) is 22.3. The Hall–Kier alpha value is -1.47. The fraction of sp³-hybridized carbons (Fsp3) is 0.615. The van der Waals surface area contributed by atoms with Crippen LogP contribution in [-0.2, 0) is 4.79 Å². The van der Waals surface area contributed by atoms with Gasteiger partial charge in [-0.05, 0) is 91.0 Å². The van der Waals surface area contributed by atoms with Crippen molar-refractivity contribution < 1.29 is 14.3 Å². The lowest BCUT2D eigenvalue weighted by Gasteiger charge is -2.31. The number of methoxy groups -OCH3 is 1. The summed E-state index contributed by atoms with van der Waals surface area (Å²) in [6.45, 7) is 3.98. The molecule has 5 nitrogen and oxygen atoms in total. The summed E-state index contributed by atoms with van der Waals surface area (Å²) in [4.78, 5) is 21.5. The Morgan fingerprint density at radius 3 is 2.39 bits per heavy atom. The molecule has 180 valence electrons. The quantitative estimate of drug-likeness (QED) is 0.362. The molecule has 0 aromatic heterocycles. The molecule has 33 heavy (non-hydrogen) atoms. The van der Waals surface area contributed by atoms with Crippen molar-refractivity contribution >= 4 is 44.8 Å². The van der Waals surface area contributed by atoms with E-state index >= 15 is 0 Å². The van der Waals surface area contributed by atoms with Gasteiger partial charge in [-0.3, -0.25) is 14.7 Å². The van der Waals surface area contributed by atoms with Crippen LogP contribution in [0.15, 0.2) is 26.5 Å². The van der Waals surface area contributed by atoms with Gasteiger partial charge in [-0.1, -0.05) is 38.5 Å². The monoisotopic (exact) mass is 534 g/mol. The second kappa shape index (κ2) is 11.3. The number of amidine groups is 1. The molecule has 1 aromatic carbocycles. The predicted octanol–water partition coefficient (Wildman–Crippen LogP) is 7.18. The average Bonchev–Trinajstić information content (AvgIpc) is 3.10. The van der Waals surface area contributed by atoms with E-state index in [1.807, 2.05) is 37.0 Å². The lowest BCUT2D eigenvalue weighted by atomic mass is 9.94. The minimum atomic E-state index is 0.0361. The van der Waals surface area contributed by atoms with E-state index in [1.165, 1.54) is 38.5 Å². The summed E-state index contributed by atoms with van der Waals surface area (Å²) in [5, 5.41) is 0.913. The number of benzene rings is 1. The van der Waals surface area contributed by atoms with Crippen LogP contribution >= 0.6 is 27.7 Å². The summed E-state index contributed by atoms with van der Waals surface area (Å²) in [6, 6.07) is 4.54. The van der Waals surface area contributed by atoms with E-state index < -0.39 is 0 Å². The number of hydrogen-bond donors (Lipinski definition) is 0. The number of rotatable bonds is 6. The molecular formula is C26H35BrN2O3S. The van der Waals surface area contributed by atoms with Crippen LogP contribution in [0.5, 0.6) is 11.5 Å². The minimum absolute atomic E-state index is 0.0361. The van der Waals surface area contributed by atoms with Crippen molar-refractivity contribution in [3.8, 4) is 11.5 Å². The van der Waals surface area contributed by atoms with E-state index in [0.29, 0.717) is 17.5 Å². The number of hydrogen-bond acceptors (Lipinski definition) is 5. The van der Waals surface area contributed by atoms with Gasteiger partial charge in [0, 0.05) is 6.04 Å². The van der Waals surface area contributed by atoms with Crippen molar-refractivity contribution in [2.45, 2.75) is 96.2 Å². The Morgan fingerprint density at radius 1 is 1.09 bits per heavy atom. The topological polar surface area (TPSA) is 51.1 Å². The van der Waals surface area contributed by atoms with E-state index in [4.69, 9.17) is 14.5 Å². The fourth-order valence-corrected chi connectivity index (χ4v) is 6.59. The maximum Gasteiger partial charge on any atom is 0.266 e. The highest BCUT2D eigenvalue weighted by molar-refractivity contribution is 9.10. The van der Waals surface area contributed by atoms with E-state index in [-0.39, 0.29) is 18.1 Å². The van der Waals surface area contributed by atoms with Gasteiger partial charge in [0.1, 0.15) is 0 Å². The first-order valence-corrected chi connectivity index (χ1v) is 13.9. The van der Waals surface area contributed by atoms with Crippen molar-refractivity contribution in [1.82, 2.24) is 4.90 Å². The number of carbonyl (C=O) groups is 1. The molecule has 0 N–H and O–H groups in total. The summed E-state index contributed by atoms with van der Waals surface area (Å²) in [5.41, 5.74) is 0.910. The van der Waals surface area contributed by atoms with Crippen LogP contribution in [0.25, 0.3) is 6.08 Å². The third-order valence-electron chi connectivity index (χ3n) is 6.55. The molecule has 3 fully saturated rings. The number of carbonyl (C=O) groups excluding carboxylic acids is 1. The van der Waals surface area contributed by atoms with Crippen LogP contribution in [0, 0.1) is 0 Å². The normalized spacial score (nSPS) is 23.2. The summed E-state index contributed by atoms with van der Waals surface area (Å²) >= 11 is 5.17. The molecule has 1 amide bonds. The number of amides is 1. The van der Waals surface area contributed by atoms with Gasteiger partial charge in [-0.2, -0.15) is 0 Å². The molecule has 3 aliphatic rings. The van der Waals surface area contributed by atoms with Gasteiger partial charge in [-0.15, -0.1) is 0 Å².